The molecule has 33 heavy (non-hydrogen) atoms. The minimum absolute atomic E-state index is 0.0150. The fourth-order valence-electron chi connectivity index (χ4n) is 4.07. The van der Waals surface area contributed by atoms with Crippen LogP contribution < -0.4 is 21.3 Å². The van der Waals surface area contributed by atoms with Crippen molar-refractivity contribution in [1.29, 1.82) is 0 Å². The number of carbonyl (C=O) groups excluding carboxylic acids is 2. The smallest absolute Gasteiger partial charge is 0.312 e. The van der Waals surface area contributed by atoms with Gasteiger partial charge in [-0.3, -0.25) is 4.79 Å². The number of nitrogens with two attached hydrogens (primary N) is 1. The molecule has 0 aliphatic carbocycles. The molecule has 10 nitrogen and oxygen atoms in total. The lowest BCUT2D eigenvalue weighted by Crippen LogP contribution is -2.46. The van der Waals surface area contributed by atoms with Crippen molar-refractivity contribution in [3.05, 3.63) is 53.2 Å². The van der Waals surface area contributed by atoms with E-state index in [2.05, 4.69) is 25.6 Å². The van der Waals surface area contributed by atoms with Gasteiger partial charge in [0.05, 0.1) is 5.69 Å². The number of anilines is 2. The zero-order valence-corrected chi connectivity index (χ0v) is 18.8. The number of aliphatic hydroxyl groups is 1. The molecular weight excluding hydrogens is 422 g/mol. The predicted molar refractivity (Wildman–Crippen MR) is 126 cm³/mol. The summed E-state index contributed by atoms with van der Waals surface area (Å²) in [7, 11) is 0. The van der Waals surface area contributed by atoms with Crippen LogP contribution in [-0.2, 0) is 0 Å². The number of piperidine rings is 1. The standard InChI is InChI=1S/C23H29N7O3/c1-14(13-31)16-3-5-17(6-4-16)22(32)27-19-12-21(30-20(26-19)11-15(2)28-30)29-9-7-18(8-10-29)25-23(24)33/h3-6,11-12,14,18,31H,7-10,13H2,1-2H3,(H3,24,25,33)(H,26,27,32). The Balaban J connectivity index is 1.55. The largest absolute Gasteiger partial charge is 0.396 e. The summed E-state index contributed by atoms with van der Waals surface area (Å²) in [5.74, 6) is 1.02. The molecule has 3 aromatic rings. The number of primary amides is 1. The maximum absolute atomic E-state index is 12.9. The molecule has 174 valence electrons. The lowest BCUT2D eigenvalue weighted by molar-refractivity contribution is 0.102. The van der Waals surface area contributed by atoms with Gasteiger partial charge in [0.2, 0.25) is 0 Å². The summed E-state index contributed by atoms with van der Waals surface area (Å²) in [5.41, 5.74) is 8.20. The van der Waals surface area contributed by atoms with Crippen LogP contribution in [0.3, 0.4) is 0 Å². The second-order valence-electron chi connectivity index (χ2n) is 8.48. The fraction of sp³-hybridized carbons (Fsp3) is 0.391. The summed E-state index contributed by atoms with van der Waals surface area (Å²) in [6.07, 6.45) is 1.51. The Hall–Kier alpha value is -3.66. The molecule has 0 saturated carbocycles. The number of aromatic nitrogens is 3. The van der Waals surface area contributed by atoms with Crippen molar-refractivity contribution >= 4 is 29.2 Å². The number of rotatable bonds is 6. The third kappa shape index (κ3) is 5.06. The van der Waals surface area contributed by atoms with Crippen LogP contribution in [0.25, 0.3) is 5.65 Å². The van der Waals surface area contributed by atoms with Crippen molar-refractivity contribution < 1.29 is 14.7 Å². The van der Waals surface area contributed by atoms with E-state index in [0.717, 1.165) is 29.9 Å². The maximum Gasteiger partial charge on any atom is 0.312 e. The van der Waals surface area contributed by atoms with Crippen LogP contribution in [0.15, 0.2) is 36.4 Å². The molecule has 3 heterocycles. The average Bonchev–Trinajstić information content (AvgIpc) is 3.18. The van der Waals surface area contributed by atoms with Crippen LogP contribution in [0.1, 0.15) is 47.3 Å². The first-order valence-corrected chi connectivity index (χ1v) is 11.0. The SMILES string of the molecule is Cc1cc2nc(NC(=O)c3ccc(C(C)CO)cc3)cc(N3CCC(NC(N)=O)CC3)n2n1. The monoisotopic (exact) mass is 451 g/mol. The Morgan fingerprint density at radius 1 is 1.21 bits per heavy atom. The number of nitrogens with zero attached hydrogens (tertiary/aromatic N) is 4. The zero-order valence-electron chi connectivity index (χ0n) is 18.8. The van der Waals surface area contributed by atoms with E-state index in [0.29, 0.717) is 30.1 Å². The van der Waals surface area contributed by atoms with Crippen molar-refractivity contribution in [3.8, 4) is 0 Å². The summed E-state index contributed by atoms with van der Waals surface area (Å²) in [5, 5.41) is 19.5. The van der Waals surface area contributed by atoms with E-state index >= 15 is 0 Å². The molecule has 1 aromatic carbocycles. The number of aryl methyl sites for hydroxylation is 1. The summed E-state index contributed by atoms with van der Waals surface area (Å²) < 4.78 is 1.78. The summed E-state index contributed by atoms with van der Waals surface area (Å²) >= 11 is 0. The molecule has 1 unspecified atom stereocenters. The zero-order chi connectivity index (χ0) is 23.5. The highest BCUT2D eigenvalue weighted by atomic mass is 16.3. The second-order valence-corrected chi connectivity index (χ2v) is 8.48. The first-order valence-electron chi connectivity index (χ1n) is 11.0. The van der Waals surface area contributed by atoms with Crippen molar-refractivity contribution in [2.24, 2.45) is 5.73 Å². The molecule has 1 aliphatic heterocycles. The number of fused-ring (bicyclic) bond motifs is 1. The first kappa shape index (κ1) is 22.5. The molecule has 3 amide bonds. The van der Waals surface area contributed by atoms with E-state index in [9.17, 15) is 14.7 Å². The molecule has 10 heteroatoms. The molecule has 4 rings (SSSR count). The molecule has 1 aliphatic rings. The van der Waals surface area contributed by atoms with Gasteiger partial charge in [-0.05, 0) is 37.5 Å². The number of benzene rings is 1. The fourth-order valence-corrected chi connectivity index (χ4v) is 4.07. The summed E-state index contributed by atoms with van der Waals surface area (Å²) in [6, 6.07) is 10.4. The minimum atomic E-state index is -0.508. The van der Waals surface area contributed by atoms with Gasteiger partial charge in [0.1, 0.15) is 11.6 Å². The van der Waals surface area contributed by atoms with Crippen molar-refractivity contribution in [1.82, 2.24) is 19.9 Å². The maximum atomic E-state index is 12.9. The van der Waals surface area contributed by atoms with E-state index in [-0.39, 0.29) is 24.5 Å². The highest BCUT2D eigenvalue weighted by Crippen LogP contribution is 2.25. The topological polar surface area (TPSA) is 138 Å². The van der Waals surface area contributed by atoms with Crippen molar-refractivity contribution in [2.75, 3.05) is 29.9 Å². The number of nitrogens with one attached hydrogen (secondary N) is 2. The lowest BCUT2D eigenvalue weighted by Gasteiger charge is -2.33. The molecular formula is C23H29N7O3. The predicted octanol–water partition coefficient (Wildman–Crippen LogP) is 2.02. The van der Waals surface area contributed by atoms with Crippen LogP contribution in [0.5, 0.6) is 0 Å². The van der Waals surface area contributed by atoms with Crippen molar-refractivity contribution in [3.63, 3.8) is 0 Å². The van der Waals surface area contributed by atoms with E-state index in [1.165, 1.54) is 0 Å². The van der Waals surface area contributed by atoms with Gasteiger partial charge in [-0.2, -0.15) is 9.61 Å². The molecule has 1 fully saturated rings. The van der Waals surface area contributed by atoms with Gasteiger partial charge in [-0.1, -0.05) is 19.1 Å². The van der Waals surface area contributed by atoms with Gasteiger partial charge in [0, 0.05) is 49.4 Å². The Kier molecular flexibility index (Phi) is 6.45. The molecule has 1 atom stereocenters. The Morgan fingerprint density at radius 2 is 1.91 bits per heavy atom. The summed E-state index contributed by atoms with van der Waals surface area (Å²) in [4.78, 5) is 30.7. The molecule has 0 radical (unpaired) electrons. The molecule has 2 aromatic heterocycles. The van der Waals surface area contributed by atoms with Gasteiger partial charge >= 0.3 is 6.03 Å². The summed E-state index contributed by atoms with van der Waals surface area (Å²) in [6.45, 7) is 5.30. The molecule has 1 saturated heterocycles. The van der Waals surface area contributed by atoms with Gasteiger partial charge in [-0.25, -0.2) is 9.78 Å². The molecule has 0 bridgehead atoms. The highest BCUT2D eigenvalue weighted by molar-refractivity contribution is 6.04. The van der Waals surface area contributed by atoms with Crippen molar-refractivity contribution in [2.45, 2.75) is 38.6 Å². The highest BCUT2D eigenvalue weighted by Gasteiger charge is 2.23. The van der Waals surface area contributed by atoms with E-state index in [1.54, 1.807) is 16.6 Å². The number of aliphatic hydroxyl groups excluding tert-OH is 1. The number of amides is 3. The number of carbonyl (C=O) groups is 2. The Morgan fingerprint density at radius 3 is 2.55 bits per heavy atom. The van der Waals surface area contributed by atoms with Gasteiger partial charge in [-0.15, -0.1) is 0 Å². The average molecular weight is 452 g/mol. The van der Waals surface area contributed by atoms with Crippen LogP contribution in [0.2, 0.25) is 0 Å². The number of hydrogen-bond acceptors (Lipinski definition) is 6. The van der Waals surface area contributed by atoms with Crippen LogP contribution >= 0.6 is 0 Å². The second kappa shape index (κ2) is 9.45. The Bertz CT molecular complexity index is 1150. The van der Waals surface area contributed by atoms with Crippen LogP contribution in [0, 0.1) is 6.92 Å². The third-order valence-corrected chi connectivity index (χ3v) is 5.95. The van der Waals surface area contributed by atoms with E-state index in [4.69, 9.17) is 5.73 Å². The van der Waals surface area contributed by atoms with Gasteiger partial charge in [0.15, 0.2) is 5.65 Å². The van der Waals surface area contributed by atoms with Crippen LogP contribution in [-0.4, -0.2) is 57.4 Å². The quantitative estimate of drug-likeness (QED) is 0.452. The van der Waals surface area contributed by atoms with E-state index in [1.807, 2.05) is 38.1 Å². The number of hydrogen-bond donors (Lipinski definition) is 4. The first-order chi connectivity index (χ1) is 15.8. The third-order valence-electron chi connectivity index (χ3n) is 5.95. The Labute approximate surface area is 191 Å². The van der Waals surface area contributed by atoms with Crippen LogP contribution in [0.4, 0.5) is 16.4 Å². The van der Waals surface area contributed by atoms with Gasteiger partial charge in [0.25, 0.3) is 5.91 Å². The lowest BCUT2D eigenvalue weighted by atomic mass is 10.0. The normalized spacial score (nSPS) is 15.4. The molecule has 0 spiro atoms. The van der Waals surface area contributed by atoms with Gasteiger partial charge < -0.3 is 26.4 Å². The number of urea groups is 1. The molecule has 5 N–H and O–H groups in total. The van der Waals surface area contributed by atoms with E-state index < -0.39 is 6.03 Å². The minimum Gasteiger partial charge on any atom is -0.396 e.